The molecule has 0 heterocycles. The number of carbonyl (C=O) groups excluding carboxylic acids is 2. The smallest absolute Gasteiger partial charge is 0.251 e. The Morgan fingerprint density at radius 1 is 1.04 bits per heavy atom. The first-order valence-corrected chi connectivity index (χ1v) is 9.61. The molecule has 27 heavy (non-hydrogen) atoms. The molecule has 4 nitrogen and oxygen atoms in total. The number of anilines is 1. The summed E-state index contributed by atoms with van der Waals surface area (Å²) in [7, 11) is 0. The van der Waals surface area contributed by atoms with Crippen LogP contribution in [-0.4, -0.2) is 18.4 Å². The van der Waals surface area contributed by atoms with Crippen molar-refractivity contribution >= 4 is 17.5 Å². The van der Waals surface area contributed by atoms with Gasteiger partial charge >= 0.3 is 0 Å². The molecular weight excluding hydrogens is 336 g/mol. The molecule has 1 saturated carbocycles. The van der Waals surface area contributed by atoms with E-state index in [1.54, 1.807) is 18.2 Å². The molecule has 142 valence electrons. The summed E-state index contributed by atoms with van der Waals surface area (Å²) >= 11 is 0. The molecule has 0 unspecified atom stereocenters. The van der Waals surface area contributed by atoms with Gasteiger partial charge in [0.2, 0.25) is 5.91 Å². The quantitative estimate of drug-likeness (QED) is 0.803. The molecule has 0 aromatic heterocycles. The van der Waals surface area contributed by atoms with Crippen molar-refractivity contribution in [2.45, 2.75) is 45.4 Å². The van der Waals surface area contributed by atoms with Gasteiger partial charge in [0.25, 0.3) is 5.91 Å². The molecule has 2 aromatic rings. The molecule has 2 aromatic carbocycles. The third-order valence-electron chi connectivity index (χ3n) is 4.86. The van der Waals surface area contributed by atoms with E-state index >= 15 is 0 Å². The third kappa shape index (κ3) is 5.43. The summed E-state index contributed by atoms with van der Waals surface area (Å²) in [6, 6.07) is 15.7. The third-order valence-corrected chi connectivity index (χ3v) is 4.86. The van der Waals surface area contributed by atoms with Gasteiger partial charge in [-0.1, -0.05) is 51.1 Å². The molecule has 4 heteroatoms. The number of hydrogen-bond acceptors (Lipinski definition) is 2. The van der Waals surface area contributed by atoms with Crippen molar-refractivity contribution in [3.63, 3.8) is 0 Å². The maximum atomic E-state index is 12.4. The van der Waals surface area contributed by atoms with Gasteiger partial charge in [0, 0.05) is 23.7 Å². The van der Waals surface area contributed by atoms with Crippen LogP contribution >= 0.6 is 0 Å². The molecule has 1 aliphatic carbocycles. The molecule has 0 atom stereocenters. The minimum absolute atomic E-state index is 0.0475. The van der Waals surface area contributed by atoms with Gasteiger partial charge in [-0.25, -0.2) is 0 Å². The lowest BCUT2D eigenvalue weighted by molar-refractivity contribution is -0.117. The lowest BCUT2D eigenvalue weighted by Gasteiger charge is -2.19. The Morgan fingerprint density at radius 3 is 2.37 bits per heavy atom. The summed E-state index contributed by atoms with van der Waals surface area (Å²) in [4.78, 5) is 24.2. The normalized spacial score (nSPS) is 13.9. The fraction of sp³-hybridized carbons (Fsp3) is 0.391. The van der Waals surface area contributed by atoms with E-state index in [9.17, 15) is 9.59 Å². The Kier molecular flexibility index (Phi) is 5.64. The second-order valence-corrected chi connectivity index (χ2v) is 8.30. The topological polar surface area (TPSA) is 58.2 Å². The first-order chi connectivity index (χ1) is 12.8. The first-order valence-electron chi connectivity index (χ1n) is 9.61. The number of benzene rings is 2. The second-order valence-electron chi connectivity index (χ2n) is 8.30. The molecule has 2 amide bonds. The minimum Gasteiger partial charge on any atom is -0.352 e. The van der Waals surface area contributed by atoms with Crippen molar-refractivity contribution in [2.24, 2.45) is 5.92 Å². The van der Waals surface area contributed by atoms with Gasteiger partial charge in [0.05, 0.1) is 0 Å². The van der Waals surface area contributed by atoms with Gasteiger partial charge in [-0.3, -0.25) is 9.59 Å². The van der Waals surface area contributed by atoms with Crippen molar-refractivity contribution in [1.29, 1.82) is 0 Å². The lowest BCUT2D eigenvalue weighted by atomic mass is 9.86. The van der Waals surface area contributed by atoms with Crippen LogP contribution in [0.5, 0.6) is 0 Å². The van der Waals surface area contributed by atoms with E-state index in [2.05, 4.69) is 55.7 Å². The monoisotopic (exact) mass is 364 g/mol. The van der Waals surface area contributed by atoms with Gasteiger partial charge < -0.3 is 10.6 Å². The molecule has 2 N–H and O–H groups in total. The Labute approximate surface area is 161 Å². The highest BCUT2D eigenvalue weighted by molar-refractivity contribution is 5.98. The van der Waals surface area contributed by atoms with E-state index in [1.807, 2.05) is 6.07 Å². The van der Waals surface area contributed by atoms with E-state index in [0.29, 0.717) is 17.8 Å². The van der Waals surface area contributed by atoms with E-state index < -0.39 is 0 Å². The molecule has 0 radical (unpaired) electrons. The zero-order valence-corrected chi connectivity index (χ0v) is 16.3. The Balaban J connectivity index is 1.51. The van der Waals surface area contributed by atoms with Crippen molar-refractivity contribution in [3.8, 4) is 0 Å². The zero-order chi connectivity index (χ0) is 19.4. The molecule has 0 aliphatic heterocycles. The highest BCUT2D eigenvalue weighted by Gasteiger charge is 2.29. The molecule has 0 spiro atoms. The standard InChI is InChI=1S/C23H28N2O2/c1-23(2,3)19-11-7-16(8-12-19)13-14-24-21(26)18-5-4-6-20(15-18)25-22(27)17-9-10-17/h4-8,11-12,15,17H,9-10,13-14H2,1-3H3,(H,24,26)(H,25,27). The predicted octanol–water partition coefficient (Wildman–Crippen LogP) is 4.31. The number of carbonyl (C=O) groups is 2. The number of nitrogens with one attached hydrogen (secondary N) is 2. The molecule has 0 bridgehead atoms. The zero-order valence-electron chi connectivity index (χ0n) is 16.3. The van der Waals surface area contributed by atoms with Crippen molar-refractivity contribution in [1.82, 2.24) is 5.32 Å². The van der Waals surface area contributed by atoms with Crippen LogP contribution in [-0.2, 0) is 16.6 Å². The number of rotatable bonds is 6. The fourth-order valence-corrected chi connectivity index (χ4v) is 2.92. The SMILES string of the molecule is CC(C)(C)c1ccc(CCNC(=O)c2cccc(NC(=O)C3CC3)c2)cc1. The highest BCUT2D eigenvalue weighted by Crippen LogP contribution is 2.30. The van der Waals surface area contributed by atoms with Crippen LogP contribution in [0.25, 0.3) is 0 Å². The predicted molar refractivity (Wildman–Crippen MR) is 109 cm³/mol. The molecule has 1 fully saturated rings. The fourth-order valence-electron chi connectivity index (χ4n) is 2.92. The van der Waals surface area contributed by atoms with Crippen LogP contribution in [0.2, 0.25) is 0 Å². The second kappa shape index (κ2) is 7.95. The average molecular weight is 364 g/mol. The summed E-state index contributed by atoms with van der Waals surface area (Å²) in [6.07, 6.45) is 2.71. The van der Waals surface area contributed by atoms with E-state index in [4.69, 9.17) is 0 Å². The molecule has 3 rings (SSSR count). The highest BCUT2D eigenvalue weighted by atomic mass is 16.2. The van der Waals surface area contributed by atoms with Crippen LogP contribution < -0.4 is 10.6 Å². The molecular formula is C23H28N2O2. The van der Waals surface area contributed by atoms with Gasteiger partial charge in [0.1, 0.15) is 0 Å². The van der Waals surface area contributed by atoms with Crippen molar-refractivity contribution in [2.75, 3.05) is 11.9 Å². The van der Waals surface area contributed by atoms with Gasteiger partial charge in [-0.05, 0) is 54.0 Å². The maximum absolute atomic E-state index is 12.4. The van der Waals surface area contributed by atoms with Crippen LogP contribution in [0.1, 0.15) is 55.1 Å². The van der Waals surface area contributed by atoms with E-state index in [-0.39, 0.29) is 23.1 Å². The molecule has 0 saturated heterocycles. The summed E-state index contributed by atoms with van der Waals surface area (Å²) in [5.74, 6) is 0.0715. The Morgan fingerprint density at radius 2 is 1.74 bits per heavy atom. The molecule has 1 aliphatic rings. The van der Waals surface area contributed by atoms with Crippen molar-refractivity contribution < 1.29 is 9.59 Å². The first kappa shape index (κ1) is 19.2. The van der Waals surface area contributed by atoms with Crippen LogP contribution in [0.15, 0.2) is 48.5 Å². The van der Waals surface area contributed by atoms with E-state index in [0.717, 1.165) is 19.3 Å². The lowest BCUT2D eigenvalue weighted by Crippen LogP contribution is -2.26. The van der Waals surface area contributed by atoms with Gasteiger partial charge in [-0.15, -0.1) is 0 Å². The summed E-state index contributed by atoms with van der Waals surface area (Å²) in [5.41, 5.74) is 3.89. The Bertz CT molecular complexity index is 815. The minimum atomic E-state index is -0.121. The van der Waals surface area contributed by atoms with Crippen LogP contribution in [0.3, 0.4) is 0 Å². The van der Waals surface area contributed by atoms with Gasteiger partial charge in [-0.2, -0.15) is 0 Å². The summed E-state index contributed by atoms with van der Waals surface area (Å²) in [6.45, 7) is 7.17. The Hall–Kier alpha value is -2.62. The average Bonchev–Trinajstić information content (AvgIpc) is 3.47. The van der Waals surface area contributed by atoms with Crippen LogP contribution in [0, 0.1) is 5.92 Å². The van der Waals surface area contributed by atoms with E-state index in [1.165, 1.54) is 11.1 Å². The largest absolute Gasteiger partial charge is 0.352 e. The number of amides is 2. The van der Waals surface area contributed by atoms with Gasteiger partial charge in [0.15, 0.2) is 0 Å². The number of hydrogen-bond donors (Lipinski definition) is 2. The van der Waals surface area contributed by atoms with Crippen molar-refractivity contribution in [3.05, 3.63) is 65.2 Å². The van der Waals surface area contributed by atoms with Crippen LogP contribution in [0.4, 0.5) is 5.69 Å². The summed E-state index contributed by atoms with van der Waals surface area (Å²) in [5, 5.41) is 5.84. The maximum Gasteiger partial charge on any atom is 0.251 e. The summed E-state index contributed by atoms with van der Waals surface area (Å²) < 4.78 is 0.